The number of halogens is 2. The maximum absolute atomic E-state index is 12.5. The molecule has 1 saturated heterocycles. The molecule has 156 valence electrons. The maximum Gasteiger partial charge on any atom is 0.341 e. The summed E-state index contributed by atoms with van der Waals surface area (Å²) in [5, 5.41) is 4.78. The van der Waals surface area contributed by atoms with Crippen molar-refractivity contribution < 1.29 is 14.3 Å². The number of rotatable bonds is 5. The predicted octanol–water partition coefficient (Wildman–Crippen LogP) is 5.30. The third-order valence-corrected chi connectivity index (χ3v) is 5.73. The van der Waals surface area contributed by atoms with E-state index in [2.05, 4.69) is 15.2 Å². The van der Waals surface area contributed by atoms with Gasteiger partial charge in [-0.3, -0.25) is 4.98 Å². The molecule has 3 aromatic rings. The number of ether oxygens (including phenoxy) is 2. The fraction of sp³-hybridized carbons (Fsp3) is 0.273. The molecule has 0 atom stereocenters. The van der Waals surface area contributed by atoms with Crippen LogP contribution in [0.2, 0.25) is 10.0 Å². The number of carbonyl (C=O) groups is 1. The summed E-state index contributed by atoms with van der Waals surface area (Å²) in [5.74, 6) is -0.453. The molecule has 1 N–H and O–H groups in total. The van der Waals surface area contributed by atoms with Gasteiger partial charge in [0.05, 0.1) is 41.1 Å². The molecule has 0 saturated carbocycles. The first kappa shape index (κ1) is 20.7. The number of esters is 1. The lowest BCUT2D eigenvalue weighted by molar-refractivity contribution is 0.0527. The first-order valence-electron chi connectivity index (χ1n) is 9.72. The van der Waals surface area contributed by atoms with Crippen molar-refractivity contribution in [1.29, 1.82) is 0 Å². The summed E-state index contributed by atoms with van der Waals surface area (Å²) in [6.07, 6.45) is 1.47. The highest BCUT2D eigenvalue weighted by Crippen LogP contribution is 2.36. The summed E-state index contributed by atoms with van der Waals surface area (Å²) < 4.78 is 10.6. The third-order valence-electron chi connectivity index (χ3n) is 4.94. The molecule has 0 bridgehead atoms. The number of morpholine rings is 1. The van der Waals surface area contributed by atoms with Gasteiger partial charge in [-0.2, -0.15) is 0 Å². The highest BCUT2D eigenvalue weighted by atomic mass is 35.5. The lowest BCUT2D eigenvalue weighted by atomic mass is 10.1. The minimum Gasteiger partial charge on any atom is -0.462 e. The Hall–Kier alpha value is -2.54. The monoisotopic (exact) mass is 445 g/mol. The van der Waals surface area contributed by atoms with Gasteiger partial charge in [0.15, 0.2) is 0 Å². The Morgan fingerprint density at radius 1 is 1.17 bits per heavy atom. The van der Waals surface area contributed by atoms with Gasteiger partial charge in [0.25, 0.3) is 0 Å². The number of nitrogens with one attached hydrogen (secondary N) is 1. The first-order valence-corrected chi connectivity index (χ1v) is 10.5. The maximum atomic E-state index is 12.5. The van der Waals surface area contributed by atoms with E-state index in [0.29, 0.717) is 32.2 Å². The second kappa shape index (κ2) is 9.08. The van der Waals surface area contributed by atoms with Crippen molar-refractivity contribution in [2.75, 3.05) is 43.1 Å². The number of nitrogens with zero attached hydrogens (tertiary/aromatic N) is 2. The van der Waals surface area contributed by atoms with Gasteiger partial charge < -0.3 is 19.7 Å². The summed E-state index contributed by atoms with van der Waals surface area (Å²) in [7, 11) is 0. The predicted molar refractivity (Wildman–Crippen MR) is 120 cm³/mol. The zero-order valence-corrected chi connectivity index (χ0v) is 18.0. The highest BCUT2D eigenvalue weighted by molar-refractivity contribution is 6.45. The molecular weight excluding hydrogens is 425 g/mol. The van der Waals surface area contributed by atoms with Crippen LogP contribution in [-0.2, 0) is 9.47 Å². The summed E-state index contributed by atoms with van der Waals surface area (Å²) in [4.78, 5) is 19.2. The van der Waals surface area contributed by atoms with E-state index in [9.17, 15) is 4.79 Å². The molecular formula is C22H21Cl2N3O3. The lowest BCUT2D eigenvalue weighted by Crippen LogP contribution is -2.36. The Balaban J connectivity index is 1.71. The Kier molecular flexibility index (Phi) is 6.27. The second-order valence-electron chi connectivity index (χ2n) is 6.80. The number of anilines is 3. The van der Waals surface area contributed by atoms with Gasteiger partial charge in [-0.25, -0.2) is 4.79 Å². The Morgan fingerprint density at radius 2 is 1.90 bits per heavy atom. The van der Waals surface area contributed by atoms with E-state index in [4.69, 9.17) is 32.7 Å². The largest absolute Gasteiger partial charge is 0.462 e. The Labute approximate surface area is 184 Å². The smallest absolute Gasteiger partial charge is 0.341 e. The topological polar surface area (TPSA) is 63.7 Å². The van der Waals surface area contributed by atoms with Gasteiger partial charge >= 0.3 is 5.97 Å². The molecule has 8 heteroatoms. The number of hydrogen-bond acceptors (Lipinski definition) is 6. The quantitative estimate of drug-likeness (QED) is 0.537. The minimum absolute atomic E-state index is 0.270. The van der Waals surface area contributed by atoms with E-state index < -0.39 is 5.97 Å². The molecule has 0 spiro atoms. The second-order valence-corrected chi connectivity index (χ2v) is 7.58. The number of pyridine rings is 1. The van der Waals surface area contributed by atoms with Gasteiger partial charge in [0, 0.05) is 36.0 Å². The molecule has 0 aliphatic carbocycles. The molecule has 30 heavy (non-hydrogen) atoms. The molecule has 1 aliphatic heterocycles. The van der Waals surface area contributed by atoms with Gasteiger partial charge in [-0.05, 0) is 43.3 Å². The molecule has 4 rings (SSSR count). The van der Waals surface area contributed by atoms with Crippen molar-refractivity contribution in [2.45, 2.75) is 6.92 Å². The normalized spacial score (nSPS) is 14.0. The first-order chi connectivity index (χ1) is 14.6. The van der Waals surface area contributed by atoms with Crippen molar-refractivity contribution in [1.82, 2.24) is 4.98 Å². The van der Waals surface area contributed by atoms with Crippen LogP contribution in [0.3, 0.4) is 0 Å². The van der Waals surface area contributed by atoms with Crippen LogP contribution in [0.4, 0.5) is 17.1 Å². The van der Waals surface area contributed by atoms with Crippen molar-refractivity contribution in [3.05, 3.63) is 58.2 Å². The van der Waals surface area contributed by atoms with Crippen molar-refractivity contribution in [3.63, 3.8) is 0 Å². The summed E-state index contributed by atoms with van der Waals surface area (Å²) in [6, 6.07) is 11.5. The molecule has 6 nitrogen and oxygen atoms in total. The van der Waals surface area contributed by atoms with Gasteiger partial charge in [0.1, 0.15) is 5.56 Å². The fourth-order valence-corrected chi connectivity index (χ4v) is 3.79. The van der Waals surface area contributed by atoms with Crippen LogP contribution < -0.4 is 10.2 Å². The molecule has 1 fully saturated rings. The Bertz CT molecular complexity index is 1070. The Morgan fingerprint density at radius 3 is 2.60 bits per heavy atom. The van der Waals surface area contributed by atoms with E-state index in [1.165, 1.54) is 6.20 Å². The van der Waals surface area contributed by atoms with Gasteiger partial charge in [-0.1, -0.05) is 23.2 Å². The molecule has 1 aromatic heterocycles. The summed E-state index contributed by atoms with van der Waals surface area (Å²) in [6.45, 7) is 5.24. The average molecular weight is 446 g/mol. The molecule has 0 unspecified atom stereocenters. The highest BCUT2D eigenvalue weighted by Gasteiger charge is 2.19. The molecule has 0 radical (unpaired) electrons. The van der Waals surface area contributed by atoms with Crippen molar-refractivity contribution in [2.24, 2.45) is 0 Å². The molecule has 0 amide bonds. The van der Waals surface area contributed by atoms with E-state index in [-0.39, 0.29) is 6.61 Å². The van der Waals surface area contributed by atoms with Crippen LogP contribution in [0.5, 0.6) is 0 Å². The number of hydrogen-bond donors (Lipinski definition) is 1. The number of benzene rings is 2. The van der Waals surface area contributed by atoms with Crippen LogP contribution in [0.15, 0.2) is 42.6 Å². The number of aromatic nitrogens is 1. The van der Waals surface area contributed by atoms with Crippen molar-refractivity contribution >= 4 is 57.1 Å². The van der Waals surface area contributed by atoms with Crippen LogP contribution in [-0.4, -0.2) is 43.9 Å². The molecule has 2 aromatic carbocycles. The van der Waals surface area contributed by atoms with Gasteiger partial charge in [0.2, 0.25) is 0 Å². The van der Waals surface area contributed by atoms with Gasteiger partial charge in [-0.15, -0.1) is 0 Å². The zero-order valence-electron chi connectivity index (χ0n) is 16.5. The van der Waals surface area contributed by atoms with E-state index in [1.807, 2.05) is 24.3 Å². The molecule has 2 heterocycles. The number of carbonyl (C=O) groups excluding carboxylic acids is 1. The number of fused-ring (bicyclic) bond motifs is 1. The van der Waals surface area contributed by atoms with E-state index in [1.54, 1.807) is 19.1 Å². The fourth-order valence-electron chi connectivity index (χ4n) is 3.43. The van der Waals surface area contributed by atoms with Crippen LogP contribution in [0.25, 0.3) is 10.9 Å². The SMILES string of the molecule is CCOC(=O)c1cnc2c(Cl)c(Cl)ccc2c1Nc1ccc(N2CCOCC2)cc1. The lowest BCUT2D eigenvalue weighted by Gasteiger charge is -2.29. The van der Waals surface area contributed by atoms with Crippen molar-refractivity contribution in [3.8, 4) is 0 Å². The molecule has 1 aliphatic rings. The van der Waals surface area contributed by atoms with Crippen LogP contribution >= 0.6 is 23.2 Å². The minimum atomic E-state index is -0.453. The third kappa shape index (κ3) is 4.17. The van der Waals surface area contributed by atoms with E-state index >= 15 is 0 Å². The van der Waals surface area contributed by atoms with Crippen LogP contribution in [0.1, 0.15) is 17.3 Å². The zero-order chi connectivity index (χ0) is 21.1. The summed E-state index contributed by atoms with van der Waals surface area (Å²) in [5.41, 5.74) is 3.39. The standard InChI is InChI=1S/C22H21Cl2N3O3/c1-2-30-22(28)17-13-25-21-16(7-8-18(23)19(21)24)20(17)26-14-3-5-15(6-4-14)27-9-11-29-12-10-27/h3-8,13H,2,9-12H2,1H3,(H,25,26). The van der Waals surface area contributed by atoms with Crippen LogP contribution in [0, 0.1) is 0 Å². The van der Waals surface area contributed by atoms with E-state index in [0.717, 1.165) is 37.7 Å². The average Bonchev–Trinajstić information content (AvgIpc) is 2.78. The summed E-state index contributed by atoms with van der Waals surface area (Å²) >= 11 is 12.5.